The van der Waals surface area contributed by atoms with Crippen LogP contribution in [0.2, 0.25) is 0 Å². The molecule has 16 heavy (non-hydrogen) atoms. The minimum atomic E-state index is 0.0705. The van der Waals surface area contributed by atoms with Crippen molar-refractivity contribution >= 4 is 11.5 Å². The van der Waals surface area contributed by atoms with E-state index >= 15 is 0 Å². The fourth-order valence-electron chi connectivity index (χ4n) is 1.37. The van der Waals surface area contributed by atoms with Gasteiger partial charge in [0.15, 0.2) is 0 Å². The van der Waals surface area contributed by atoms with Gasteiger partial charge in [0.2, 0.25) is 0 Å². The first-order chi connectivity index (χ1) is 7.65. The Labute approximate surface area is 93.2 Å². The number of pyridine rings is 1. The molecule has 0 fully saturated rings. The third-order valence-corrected chi connectivity index (χ3v) is 2.16. The Hall–Kier alpha value is -2.23. The molecule has 0 aliphatic rings. The molecule has 0 saturated carbocycles. The summed E-state index contributed by atoms with van der Waals surface area (Å²) in [6, 6.07) is 8.02. The monoisotopic (exact) mass is 216 g/mol. The van der Waals surface area contributed by atoms with E-state index < -0.39 is 0 Å². The number of rotatable bonds is 2. The number of aromatic nitrogens is 1. The Morgan fingerprint density at radius 2 is 1.94 bits per heavy atom. The smallest absolute Gasteiger partial charge is 0.139 e. The molecule has 4 heteroatoms. The first-order valence-electron chi connectivity index (χ1n) is 4.87. The Bertz CT molecular complexity index is 512. The van der Waals surface area contributed by atoms with E-state index in [0.717, 1.165) is 5.56 Å². The lowest BCUT2D eigenvalue weighted by molar-refractivity contribution is 0.462. The molecular weight excluding hydrogens is 204 g/mol. The maximum atomic E-state index is 9.56. The molecule has 1 heterocycles. The van der Waals surface area contributed by atoms with Crippen molar-refractivity contribution < 1.29 is 10.2 Å². The van der Waals surface area contributed by atoms with Gasteiger partial charge in [0.25, 0.3) is 0 Å². The second-order valence-electron chi connectivity index (χ2n) is 3.54. The fourth-order valence-corrected chi connectivity index (χ4v) is 1.37. The average molecular weight is 216 g/mol. The van der Waals surface area contributed by atoms with Gasteiger partial charge >= 0.3 is 0 Å². The van der Waals surface area contributed by atoms with Gasteiger partial charge in [0.05, 0.1) is 5.69 Å². The summed E-state index contributed by atoms with van der Waals surface area (Å²) in [5, 5.41) is 21.8. The number of aryl methyl sites for hydroxylation is 1. The van der Waals surface area contributed by atoms with Crippen LogP contribution in [0.3, 0.4) is 0 Å². The maximum Gasteiger partial charge on any atom is 0.139 e. The Kier molecular flexibility index (Phi) is 2.64. The van der Waals surface area contributed by atoms with Crippen molar-refractivity contribution in [3.8, 4) is 11.5 Å². The van der Waals surface area contributed by atoms with Crippen LogP contribution in [0.1, 0.15) is 5.56 Å². The van der Waals surface area contributed by atoms with Gasteiger partial charge in [-0.1, -0.05) is 0 Å². The normalized spacial score (nSPS) is 10.1. The van der Waals surface area contributed by atoms with Crippen LogP contribution in [-0.2, 0) is 0 Å². The molecule has 0 unspecified atom stereocenters. The zero-order valence-corrected chi connectivity index (χ0v) is 8.81. The van der Waals surface area contributed by atoms with Gasteiger partial charge < -0.3 is 15.5 Å². The van der Waals surface area contributed by atoms with Crippen molar-refractivity contribution in [3.05, 3.63) is 42.1 Å². The number of benzene rings is 1. The highest BCUT2D eigenvalue weighted by atomic mass is 16.3. The average Bonchev–Trinajstić information content (AvgIpc) is 2.24. The maximum absolute atomic E-state index is 9.56. The second-order valence-corrected chi connectivity index (χ2v) is 3.54. The van der Waals surface area contributed by atoms with Crippen LogP contribution >= 0.6 is 0 Å². The molecule has 0 spiro atoms. The van der Waals surface area contributed by atoms with Crippen LogP contribution in [0, 0.1) is 6.92 Å². The van der Waals surface area contributed by atoms with E-state index in [9.17, 15) is 10.2 Å². The minimum Gasteiger partial charge on any atom is -0.508 e. The predicted octanol–water partition coefficient (Wildman–Crippen LogP) is 2.54. The van der Waals surface area contributed by atoms with E-state index in [4.69, 9.17) is 0 Å². The van der Waals surface area contributed by atoms with Crippen LogP contribution < -0.4 is 5.32 Å². The molecule has 0 aliphatic carbocycles. The number of phenolic OH excluding ortho intramolecular Hbond substituents is 2. The number of anilines is 2. The summed E-state index contributed by atoms with van der Waals surface area (Å²) in [6.45, 7) is 1.95. The molecule has 0 bridgehead atoms. The van der Waals surface area contributed by atoms with Crippen molar-refractivity contribution in [1.82, 2.24) is 4.98 Å². The van der Waals surface area contributed by atoms with Crippen molar-refractivity contribution in [3.63, 3.8) is 0 Å². The lowest BCUT2D eigenvalue weighted by atomic mass is 10.2. The number of phenols is 2. The number of aromatic hydroxyl groups is 2. The molecule has 1 aromatic carbocycles. The van der Waals surface area contributed by atoms with Gasteiger partial charge in [-0.05, 0) is 36.8 Å². The lowest BCUT2D eigenvalue weighted by Gasteiger charge is -2.08. The Morgan fingerprint density at radius 1 is 1.12 bits per heavy atom. The summed E-state index contributed by atoms with van der Waals surface area (Å²) in [6.07, 6.45) is 1.68. The van der Waals surface area contributed by atoms with Crippen molar-refractivity contribution in [2.45, 2.75) is 6.92 Å². The van der Waals surface area contributed by atoms with Crippen molar-refractivity contribution in [2.75, 3.05) is 5.32 Å². The lowest BCUT2D eigenvalue weighted by Crippen LogP contribution is -1.93. The summed E-state index contributed by atoms with van der Waals surface area (Å²) < 4.78 is 0. The third-order valence-electron chi connectivity index (χ3n) is 2.16. The highest BCUT2D eigenvalue weighted by molar-refractivity contribution is 5.65. The largest absolute Gasteiger partial charge is 0.508 e. The van der Waals surface area contributed by atoms with Gasteiger partial charge in [0.1, 0.15) is 17.3 Å². The number of hydrogen-bond donors (Lipinski definition) is 3. The first kappa shape index (κ1) is 10.3. The van der Waals surface area contributed by atoms with Crippen LogP contribution in [0.5, 0.6) is 11.5 Å². The van der Waals surface area contributed by atoms with E-state index in [1.165, 1.54) is 18.2 Å². The predicted molar refractivity (Wildman–Crippen MR) is 62.0 cm³/mol. The summed E-state index contributed by atoms with van der Waals surface area (Å²) in [5.41, 5.74) is 1.50. The van der Waals surface area contributed by atoms with E-state index in [1.54, 1.807) is 6.20 Å². The molecule has 0 atom stereocenters. The topological polar surface area (TPSA) is 65.4 Å². The van der Waals surface area contributed by atoms with Gasteiger partial charge in [-0.3, -0.25) is 0 Å². The molecule has 0 saturated heterocycles. The van der Waals surface area contributed by atoms with Crippen molar-refractivity contribution in [2.24, 2.45) is 0 Å². The summed E-state index contributed by atoms with van der Waals surface area (Å²) >= 11 is 0. The van der Waals surface area contributed by atoms with Crippen molar-refractivity contribution in [1.29, 1.82) is 0 Å². The number of nitrogens with zero attached hydrogens (tertiary/aromatic N) is 1. The molecule has 1 aromatic heterocycles. The van der Waals surface area contributed by atoms with E-state index in [1.807, 2.05) is 19.1 Å². The molecule has 2 rings (SSSR count). The van der Waals surface area contributed by atoms with Gasteiger partial charge in [-0.25, -0.2) is 4.98 Å². The minimum absolute atomic E-state index is 0.0705. The van der Waals surface area contributed by atoms with Crippen LogP contribution in [0.25, 0.3) is 0 Å². The SMILES string of the molecule is Cc1ccnc(Nc2cc(O)ccc2O)c1. The highest BCUT2D eigenvalue weighted by Crippen LogP contribution is 2.29. The van der Waals surface area contributed by atoms with Gasteiger partial charge in [-0.2, -0.15) is 0 Å². The molecule has 0 aliphatic heterocycles. The van der Waals surface area contributed by atoms with E-state index in [2.05, 4.69) is 10.3 Å². The van der Waals surface area contributed by atoms with Gasteiger partial charge in [0, 0.05) is 12.3 Å². The molecule has 4 nitrogen and oxygen atoms in total. The first-order valence-corrected chi connectivity index (χ1v) is 4.87. The Morgan fingerprint density at radius 3 is 2.69 bits per heavy atom. The molecule has 0 amide bonds. The van der Waals surface area contributed by atoms with Crippen LogP contribution in [-0.4, -0.2) is 15.2 Å². The third kappa shape index (κ3) is 2.23. The highest BCUT2D eigenvalue weighted by Gasteiger charge is 2.03. The Balaban J connectivity index is 2.30. The number of nitrogens with one attached hydrogen (secondary N) is 1. The summed E-state index contributed by atoms with van der Waals surface area (Å²) in [4.78, 5) is 4.10. The molecule has 82 valence electrons. The van der Waals surface area contributed by atoms with Crippen LogP contribution in [0.4, 0.5) is 11.5 Å². The standard InChI is InChI=1S/C12H12N2O2/c1-8-4-5-13-12(6-8)14-10-7-9(15)2-3-11(10)16/h2-7,15-16H,1H3,(H,13,14). The second kappa shape index (κ2) is 4.10. The van der Waals surface area contributed by atoms with Gasteiger partial charge in [-0.15, -0.1) is 0 Å². The zero-order valence-electron chi connectivity index (χ0n) is 8.81. The van der Waals surface area contributed by atoms with Crippen LogP contribution in [0.15, 0.2) is 36.5 Å². The molecule has 3 N–H and O–H groups in total. The van der Waals surface area contributed by atoms with E-state index in [-0.39, 0.29) is 11.5 Å². The zero-order chi connectivity index (χ0) is 11.5. The molecule has 0 radical (unpaired) electrons. The molecule has 2 aromatic rings. The quantitative estimate of drug-likeness (QED) is 0.533. The summed E-state index contributed by atoms with van der Waals surface area (Å²) in [5.74, 6) is 0.787. The van der Waals surface area contributed by atoms with E-state index in [0.29, 0.717) is 11.5 Å². The fraction of sp³-hybridized carbons (Fsp3) is 0.0833. The number of hydrogen-bond acceptors (Lipinski definition) is 4. The summed E-state index contributed by atoms with van der Waals surface area (Å²) in [7, 11) is 0. The molecular formula is C12H12N2O2.